The minimum atomic E-state index is -2.46. The molecule has 0 aromatic heterocycles. The lowest BCUT2D eigenvalue weighted by Crippen LogP contribution is -2.45. The molecule has 0 heterocycles. The van der Waals surface area contributed by atoms with Crippen molar-refractivity contribution < 1.29 is 13.6 Å². The number of rotatable bonds is 5. The number of alkyl halides is 2. The normalized spacial score (nSPS) is 11.1. The Labute approximate surface area is 121 Å². The minimum Gasteiger partial charge on any atom is -0.350 e. The van der Waals surface area contributed by atoms with Crippen LogP contribution in [0.5, 0.6) is 0 Å². The van der Waals surface area contributed by atoms with Gasteiger partial charge in [0.25, 0.3) is 11.7 Å². The summed E-state index contributed by atoms with van der Waals surface area (Å²) in [7, 11) is 0. The Kier molecular flexibility index (Phi) is 7.33. The van der Waals surface area contributed by atoms with E-state index in [9.17, 15) is 13.6 Å². The number of nitrogens with one attached hydrogen (secondary N) is 1. The predicted molar refractivity (Wildman–Crippen MR) is 76.2 cm³/mol. The highest BCUT2D eigenvalue weighted by molar-refractivity contribution is 7.99. The van der Waals surface area contributed by atoms with Crippen LogP contribution in [-0.4, -0.2) is 23.7 Å². The van der Waals surface area contributed by atoms with E-state index < -0.39 is 11.3 Å². The van der Waals surface area contributed by atoms with Crippen molar-refractivity contribution in [2.45, 2.75) is 30.0 Å². The van der Waals surface area contributed by atoms with Crippen molar-refractivity contribution in [1.29, 1.82) is 0 Å². The van der Waals surface area contributed by atoms with Gasteiger partial charge in [0.15, 0.2) is 0 Å². The Morgan fingerprint density at radius 1 is 1.37 bits per heavy atom. The van der Waals surface area contributed by atoms with Gasteiger partial charge >= 0.3 is 0 Å². The average molecular weight is 311 g/mol. The zero-order valence-corrected chi connectivity index (χ0v) is 12.3. The fourth-order valence-corrected chi connectivity index (χ4v) is 1.70. The fraction of sp³-hybridized carbons (Fsp3) is 0.417. The molecule has 0 fully saturated rings. The molecule has 1 aromatic carbocycles. The summed E-state index contributed by atoms with van der Waals surface area (Å²) in [6.07, 6.45) is 0. The van der Waals surface area contributed by atoms with Crippen LogP contribution in [0.2, 0.25) is 0 Å². The van der Waals surface area contributed by atoms with E-state index in [0.717, 1.165) is 0 Å². The quantitative estimate of drug-likeness (QED) is 0.822. The third-order valence-corrected chi connectivity index (χ3v) is 2.77. The van der Waals surface area contributed by atoms with Crippen LogP contribution >= 0.6 is 24.2 Å². The largest absolute Gasteiger partial charge is 0.350 e. The molecule has 0 spiro atoms. The van der Waals surface area contributed by atoms with Crippen LogP contribution in [0.15, 0.2) is 29.2 Å². The van der Waals surface area contributed by atoms with Crippen LogP contribution in [0, 0.1) is 0 Å². The highest BCUT2D eigenvalue weighted by Gasteiger charge is 2.13. The lowest BCUT2D eigenvalue weighted by molar-refractivity contribution is 0.0946. The third-order valence-electron chi connectivity index (χ3n) is 2.05. The van der Waals surface area contributed by atoms with Gasteiger partial charge in [-0.25, -0.2) is 0 Å². The van der Waals surface area contributed by atoms with Gasteiger partial charge in [-0.15, -0.1) is 12.4 Å². The average Bonchev–Trinajstić information content (AvgIpc) is 2.25. The SMILES string of the molecule is CC(C)(N)CNC(=O)c1ccc(SC(F)F)cc1.Cl. The molecule has 0 aliphatic carbocycles. The number of amides is 1. The van der Waals surface area contributed by atoms with E-state index in [0.29, 0.717) is 28.8 Å². The standard InChI is InChI=1S/C12H16F2N2OS.ClH/c1-12(2,15)7-16-10(17)8-3-5-9(6-4-8)18-11(13)14;/h3-6,11H,7,15H2,1-2H3,(H,16,17);1H. The van der Waals surface area contributed by atoms with E-state index in [4.69, 9.17) is 5.73 Å². The number of halogens is 3. The van der Waals surface area contributed by atoms with Crippen LogP contribution in [-0.2, 0) is 0 Å². The first-order valence-corrected chi connectivity index (χ1v) is 6.28. The predicted octanol–water partition coefficient (Wildman–Crippen LogP) is 2.89. The Balaban J connectivity index is 0.00000324. The van der Waals surface area contributed by atoms with Crippen molar-refractivity contribution in [2.24, 2.45) is 5.73 Å². The summed E-state index contributed by atoms with van der Waals surface area (Å²) in [6.45, 7) is 3.95. The maximum atomic E-state index is 12.1. The summed E-state index contributed by atoms with van der Waals surface area (Å²) in [5.41, 5.74) is 5.68. The summed E-state index contributed by atoms with van der Waals surface area (Å²) in [5.74, 6) is -2.72. The molecule has 3 N–H and O–H groups in total. The van der Waals surface area contributed by atoms with E-state index in [1.54, 1.807) is 13.8 Å². The van der Waals surface area contributed by atoms with Gasteiger partial charge < -0.3 is 11.1 Å². The molecule has 108 valence electrons. The van der Waals surface area contributed by atoms with E-state index in [1.807, 2.05) is 0 Å². The van der Waals surface area contributed by atoms with Crippen molar-refractivity contribution in [3.8, 4) is 0 Å². The zero-order chi connectivity index (χ0) is 13.8. The minimum absolute atomic E-state index is 0. The monoisotopic (exact) mass is 310 g/mol. The molecule has 1 rings (SSSR count). The lowest BCUT2D eigenvalue weighted by atomic mass is 10.1. The fourth-order valence-electron chi connectivity index (χ4n) is 1.20. The molecular formula is C12H17ClF2N2OS. The molecule has 0 aliphatic rings. The topological polar surface area (TPSA) is 55.1 Å². The van der Waals surface area contributed by atoms with Crippen molar-refractivity contribution in [2.75, 3.05) is 6.54 Å². The van der Waals surface area contributed by atoms with Crippen molar-refractivity contribution in [3.05, 3.63) is 29.8 Å². The number of benzene rings is 1. The second-order valence-corrected chi connectivity index (χ2v) is 5.64. The van der Waals surface area contributed by atoms with Crippen molar-refractivity contribution >= 4 is 30.1 Å². The summed E-state index contributed by atoms with van der Waals surface area (Å²) in [4.78, 5) is 12.1. The molecule has 0 atom stereocenters. The van der Waals surface area contributed by atoms with Gasteiger partial charge in [-0.1, -0.05) is 11.8 Å². The molecule has 0 saturated heterocycles. The molecule has 19 heavy (non-hydrogen) atoms. The smallest absolute Gasteiger partial charge is 0.288 e. The maximum absolute atomic E-state index is 12.1. The molecule has 0 unspecified atom stereocenters. The summed E-state index contributed by atoms with van der Waals surface area (Å²) in [6, 6.07) is 6.03. The molecular weight excluding hydrogens is 294 g/mol. The second kappa shape index (κ2) is 7.67. The summed E-state index contributed by atoms with van der Waals surface area (Å²) >= 11 is 0.451. The van der Waals surface area contributed by atoms with Crippen LogP contribution < -0.4 is 11.1 Å². The number of carbonyl (C=O) groups is 1. The van der Waals surface area contributed by atoms with Crippen LogP contribution in [0.1, 0.15) is 24.2 Å². The molecule has 3 nitrogen and oxygen atoms in total. The number of hydrogen-bond donors (Lipinski definition) is 2. The van der Waals surface area contributed by atoms with E-state index in [1.165, 1.54) is 24.3 Å². The van der Waals surface area contributed by atoms with Crippen LogP contribution in [0.4, 0.5) is 8.78 Å². The number of carbonyl (C=O) groups excluding carboxylic acids is 1. The highest BCUT2D eigenvalue weighted by atomic mass is 35.5. The van der Waals surface area contributed by atoms with Gasteiger partial charge in [0, 0.05) is 22.5 Å². The van der Waals surface area contributed by atoms with Crippen molar-refractivity contribution in [3.63, 3.8) is 0 Å². The first kappa shape index (κ1) is 18.1. The van der Waals surface area contributed by atoms with Gasteiger partial charge in [-0.05, 0) is 38.1 Å². The lowest BCUT2D eigenvalue weighted by Gasteiger charge is -2.18. The molecule has 0 saturated carbocycles. The van der Waals surface area contributed by atoms with Crippen molar-refractivity contribution in [1.82, 2.24) is 5.32 Å². The first-order chi connectivity index (χ1) is 8.28. The van der Waals surface area contributed by atoms with E-state index in [-0.39, 0.29) is 18.3 Å². The Morgan fingerprint density at radius 3 is 2.32 bits per heavy atom. The maximum Gasteiger partial charge on any atom is 0.288 e. The number of thioether (sulfide) groups is 1. The van der Waals surface area contributed by atoms with E-state index in [2.05, 4.69) is 5.32 Å². The third kappa shape index (κ3) is 7.34. The summed E-state index contributed by atoms with van der Waals surface area (Å²) in [5, 5.41) is 2.68. The molecule has 1 amide bonds. The molecule has 0 bridgehead atoms. The Morgan fingerprint density at radius 2 is 1.89 bits per heavy atom. The number of nitrogens with two attached hydrogens (primary N) is 1. The van der Waals surface area contributed by atoms with Gasteiger partial charge in [0.05, 0.1) is 0 Å². The van der Waals surface area contributed by atoms with Gasteiger partial charge in [0.1, 0.15) is 0 Å². The van der Waals surface area contributed by atoms with Gasteiger partial charge in [0.2, 0.25) is 0 Å². The second-order valence-electron chi connectivity index (χ2n) is 4.57. The number of hydrogen-bond acceptors (Lipinski definition) is 3. The molecule has 1 aromatic rings. The molecule has 0 aliphatic heterocycles. The summed E-state index contributed by atoms with van der Waals surface area (Å²) < 4.78 is 24.2. The molecule has 0 radical (unpaired) electrons. The zero-order valence-electron chi connectivity index (χ0n) is 10.7. The van der Waals surface area contributed by atoms with Gasteiger partial charge in [-0.3, -0.25) is 4.79 Å². The Hall–Kier alpha value is -0.850. The van der Waals surface area contributed by atoms with E-state index >= 15 is 0 Å². The highest BCUT2D eigenvalue weighted by Crippen LogP contribution is 2.25. The molecule has 7 heteroatoms. The van der Waals surface area contributed by atoms with Crippen LogP contribution in [0.3, 0.4) is 0 Å². The Bertz CT molecular complexity index is 407. The van der Waals surface area contributed by atoms with Gasteiger partial charge in [-0.2, -0.15) is 8.78 Å². The van der Waals surface area contributed by atoms with Crippen LogP contribution in [0.25, 0.3) is 0 Å². The first-order valence-electron chi connectivity index (χ1n) is 5.40.